The van der Waals surface area contributed by atoms with E-state index in [0.717, 1.165) is 30.0 Å². The average Bonchev–Trinajstić information content (AvgIpc) is 2.95. The minimum atomic E-state index is 0.411. The second-order valence-electron chi connectivity index (χ2n) is 5.12. The molecule has 1 unspecified atom stereocenters. The van der Waals surface area contributed by atoms with Gasteiger partial charge in [0.2, 0.25) is 0 Å². The molecule has 0 bridgehead atoms. The molecule has 0 spiro atoms. The van der Waals surface area contributed by atoms with E-state index in [1.54, 1.807) is 0 Å². The van der Waals surface area contributed by atoms with Crippen LogP contribution in [-0.4, -0.2) is 16.8 Å². The highest BCUT2D eigenvalue weighted by Gasteiger charge is 2.08. The molecule has 114 valence electrons. The van der Waals surface area contributed by atoms with Crippen LogP contribution in [0.2, 0.25) is 5.02 Å². The zero-order valence-electron chi connectivity index (χ0n) is 12.8. The number of ether oxygens (including phenoxy) is 1. The van der Waals surface area contributed by atoms with Gasteiger partial charge < -0.3 is 10.1 Å². The highest BCUT2D eigenvalue weighted by atomic mass is 35.5. The van der Waals surface area contributed by atoms with Crippen molar-refractivity contribution in [2.24, 2.45) is 0 Å². The van der Waals surface area contributed by atoms with Crippen molar-refractivity contribution in [2.75, 3.05) is 7.05 Å². The van der Waals surface area contributed by atoms with Gasteiger partial charge in [-0.25, -0.2) is 0 Å². The predicted molar refractivity (Wildman–Crippen MR) is 85.8 cm³/mol. The van der Waals surface area contributed by atoms with Gasteiger partial charge in [-0.15, -0.1) is 0 Å². The number of nitrogens with one attached hydrogen (secondary N) is 1. The number of benzene rings is 1. The van der Waals surface area contributed by atoms with Crippen LogP contribution in [0.1, 0.15) is 37.6 Å². The third-order valence-corrected chi connectivity index (χ3v) is 3.71. The molecular formula is C16H22ClN3O. The minimum Gasteiger partial charge on any atom is -0.487 e. The Morgan fingerprint density at radius 3 is 2.90 bits per heavy atom. The number of aromatic nitrogens is 2. The van der Waals surface area contributed by atoms with Crippen LogP contribution in [0.3, 0.4) is 0 Å². The molecule has 0 saturated heterocycles. The zero-order valence-corrected chi connectivity index (χ0v) is 13.5. The lowest BCUT2D eigenvalue weighted by Crippen LogP contribution is -2.08. The van der Waals surface area contributed by atoms with E-state index >= 15 is 0 Å². The largest absolute Gasteiger partial charge is 0.487 e. The SMILES string of the molecule is CCC(C)n1ccc(COc2ccc(Cl)cc2CNC)n1. The standard InChI is InChI=1S/C16H22ClN3O/c1-4-12(2)20-8-7-15(19-20)11-21-16-6-5-14(17)9-13(16)10-18-3/h5-9,12,18H,4,10-11H2,1-3H3. The maximum atomic E-state index is 6.02. The molecule has 2 aromatic rings. The van der Waals surface area contributed by atoms with E-state index in [1.165, 1.54) is 0 Å². The van der Waals surface area contributed by atoms with E-state index in [4.69, 9.17) is 16.3 Å². The average molecular weight is 308 g/mol. The number of rotatable bonds is 7. The summed E-state index contributed by atoms with van der Waals surface area (Å²) in [5.41, 5.74) is 1.98. The number of halogens is 1. The monoisotopic (exact) mass is 307 g/mol. The molecule has 5 heteroatoms. The van der Waals surface area contributed by atoms with E-state index < -0.39 is 0 Å². The van der Waals surface area contributed by atoms with Crippen molar-refractivity contribution in [2.45, 2.75) is 39.5 Å². The first-order valence-corrected chi connectivity index (χ1v) is 7.61. The van der Waals surface area contributed by atoms with Gasteiger partial charge in [0.05, 0.1) is 5.69 Å². The summed E-state index contributed by atoms with van der Waals surface area (Å²) < 4.78 is 7.86. The fourth-order valence-electron chi connectivity index (χ4n) is 2.06. The quantitative estimate of drug-likeness (QED) is 0.845. The summed E-state index contributed by atoms with van der Waals surface area (Å²) in [7, 11) is 1.90. The molecule has 0 fully saturated rings. The Morgan fingerprint density at radius 1 is 1.38 bits per heavy atom. The molecule has 1 heterocycles. The van der Waals surface area contributed by atoms with Gasteiger partial charge in [0.15, 0.2) is 0 Å². The van der Waals surface area contributed by atoms with Crippen molar-refractivity contribution < 1.29 is 4.74 Å². The van der Waals surface area contributed by atoms with Crippen LogP contribution in [0.4, 0.5) is 0 Å². The van der Waals surface area contributed by atoms with Crippen molar-refractivity contribution >= 4 is 11.6 Å². The number of nitrogens with zero attached hydrogens (tertiary/aromatic N) is 2. The second kappa shape index (κ2) is 7.48. The molecule has 1 aromatic heterocycles. The first-order valence-electron chi connectivity index (χ1n) is 7.24. The molecular weight excluding hydrogens is 286 g/mol. The van der Waals surface area contributed by atoms with E-state index in [1.807, 2.05) is 42.2 Å². The lowest BCUT2D eigenvalue weighted by molar-refractivity contribution is 0.294. The molecule has 0 aliphatic heterocycles. The van der Waals surface area contributed by atoms with E-state index in [0.29, 0.717) is 17.7 Å². The number of hydrogen-bond acceptors (Lipinski definition) is 3. The Morgan fingerprint density at radius 2 is 2.19 bits per heavy atom. The Hall–Kier alpha value is -1.52. The van der Waals surface area contributed by atoms with Crippen molar-refractivity contribution in [3.05, 3.63) is 46.7 Å². The molecule has 1 N–H and O–H groups in total. The maximum absolute atomic E-state index is 6.02. The van der Waals surface area contributed by atoms with Gasteiger partial charge in [-0.05, 0) is 44.7 Å². The molecule has 0 aliphatic rings. The summed E-state index contributed by atoms with van der Waals surface area (Å²) in [6.45, 7) is 5.49. The van der Waals surface area contributed by atoms with E-state index in [2.05, 4.69) is 24.3 Å². The van der Waals surface area contributed by atoms with Crippen LogP contribution in [0.5, 0.6) is 5.75 Å². The van der Waals surface area contributed by atoms with Gasteiger partial charge in [0, 0.05) is 29.4 Å². The molecule has 0 radical (unpaired) electrons. The van der Waals surface area contributed by atoms with Crippen LogP contribution < -0.4 is 10.1 Å². The molecule has 2 rings (SSSR count). The van der Waals surface area contributed by atoms with Gasteiger partial charge in [0.1, 0.15) is 12.4 Å². The van der Waals surface area contributed by atoms with Crippen LogP contribution in [0.25, 0.3) is 0 Å². The summed E-state index contributed by atoms with van der Waals surface area (Å²) in [6.07, 6.45) is 3.06. The zero-order chi connectivity index (χ0) is 15.2. The normalized spacial score (nSPS) is 12.4. The third-order valence-electron chi connectivity index (χ3n) is 3.47. The summed E-state index contributed by atoms with van der Waals surface area (Å²) in [5.74, 6) is 0.840. The molecule has 0 saturated carbocycles. The second-order valence-corrected chi connectivity index (χ2v) is 5.55. The molecule has 0 aliphatic carbocycles. The molecule has 21 heavy (non-hydrogen) atoms. The van der Waals surface area contributed by atoms with Crippen LogP contribution in [0.15, 0.2) is 30.5 Å². The molecule has 0 amide bonds. The van der Waals surface area contributed by atoms with Gasteiger partial charge in [-0.1, -0.05) is 18.5 Å². The van der Waals surface area contributed by atoms with Gasteiger partial charge >= 0.3 is 0 Å². The molecule has 1 aromatic carbocycles. The topological polar surface area (TPSA) is 39.1 Å². The van der Waals surface area contributed by atoms with Gasteiger partial charge in [-0.3, -0.25) is 4.68 Å². The van der Waals surface area contributed by atoms with Crippen molar-refractivity contribution in [3.8, 4) is 5.75 Å². The smallest absolute Gasteiger partial charge is 0.132 e. The highest BCUT2D eigenvalue weighted by molar-refractivity contribution is 6.30. The van der Waals surface area contributed by atoms with Crippen molar-refractivity contribution in [1.82, 2.24) is 15.1 Å². The van der Waals surface area contributed by atoms with E-state index in [-0.39, 0.29) is 0 Å². The number of hydrogen-bond donors (Lipinski definition) is 1. The van der Waals surface area contributed by atoms with E-state index in [9.17, 15) is 0 Å². The summed E-state index contributed by atoms with van der Waals surface area (Å²) >= 11 is 6.02. The summed E-state index contributed by atoms with van der Waals surface area (Å²) in [6, 6.07) is 8.08. The summed E-state index contributed by atoms with van der Waals surface area (Å²) in [4.78, 5) is 0. The highest BCUT2D eigenvalue weighted by Crippen LogP contribution is 2.23. The Bertz CT molecular complexity index is 583. The molecule has 1 atom stereocenters. The Labute approximate surface area is 131 Å². The van der Waals surface area contributed by atoms with Crippen LogP contribution in [-0.2, 0) is 13.2 Å². The fraction of sp³-hybridized carbons (Fsp3) is 0.438. The third kappa shape index (κ3) is 4.22. The van der Waals surface area contributed by atoms with Gasteiger partial charge in [-0.2, -0.15) is 5.10 Å². The van der Waals surface area contributed by atoms with Crippen LogP contribution in [0, 0.1) is 0 Å². The predicted octanol–water partition coefficient (Wildman–Crippen LogP) is 3.81. The lowest BCUT2D eigenvalue weighted by Gasteiger charge is -2.11. The van der Waals surface area contributed by atoms with Gasteiger partial charge in [0.25, 0.3) is 0 Å². The summed E-state index contributed by atoms with van der Waals surface area (Å²) in [5, 5.41) is 8.37. The maximum Gasteiger partial charge on any atom is 0.132 e. The molecule has 4 nitrogen and oxygen atoms in total. The van der Waals surface area contributed by atoms with Crippen molar-refractivity contribution in [1.29, 1.82) is 0 Å². The Kier molecular flexibility index (Phi) is 5.65. The fourth-order valence-corrected chi connectivity index (χ4v) is 2.25. The lowest BCUT2D eigenvalue weighted by atomic mass is 10.2. The Balaban J connectivity index is 2.04. The first-order chi connectivity index (χ1) is 10.1. The minimum absolute atomic E-state index is 0.411. The van der Waals surface area contributed by atoms with Crippen LogP contribution >= 0.6 is 11.6 Å². The first kappa shape index (κ1) is 15.9. The van der Waals surface area contributed by atoms with Crippen molar-refractivity contribution in [3.63, 3.8) is 0 Å².